The minimum Gasteiger partial charge on any atom is -0.445 e. The Morgan fingerprint density at radius 1 is 0.959 bits per heavy atom. The number of ether oxygens (including phenoxy) is 1. The van der Waals surface area contributed by atoms with Gasteiger partial charge in [0.2, 0.25) is 0 Å². The van der Waals surface area contributed by atoms with Gasteiger partial charge in [-0.05, 0) is 90.9 Å². The van der Waals surface area contributed by atoms with Crippen molar-refractivity contribution in [2.75, 3.05) is 13.1 Å². The average molecular weight is 670 g/mol. The molecule has 2 fully saturated rings. The van der Waals surface area contributed by atoms with E-state index < -0.39 is 0 Å². The first kappa shape index (κ1) is 31.4. The van der Waals surface area contributed by atoms with Gasteiger partial charge in [-0.25, -0.2) is 9.78 Å². The summed E-state index contributed by atoms with van der Waals surface area (Å²) in [6, 6.07) is 29.8. The molecule has 0 aliphatic carbocycles. The number of pyridine rings is 1. The van der Waals surface area contributed by atoms with E-state index in [1.807, 2.05) is 54.7 Å². The normalized spacial score (nSPS) is 19.9. The Kier molecular flexibility index (Phi) is 8.25. The summed E-state index contributed by atoms with van der Waals surface area (Å²) in [6.45, 7) is 4.03. The molecule has 8 nitrogen and oxygen atoms in total. The van der Waals surface area contributed by atoms with Crippen LogP contribution in [-0.4, -0.2) is 44.6 Å². The zero-order valence-corrected chi connectivity index (χ0v) is 28.3. The molecule has 2 aliphatic rings. The van der Waals surface area contributed by atoms with Crippen molar-refractivity contribution in [3.05, 3.63) is 124 Å². The Morgan fingerprint density at radius 2 is 1.71 bits per heavy atom. The zero-order chi connectivity index (χ0) is 33.5. The lowest BCUT2D eigenvalue weighted by molar-refractivity contribution is 0.0915. The molecule has 49 heavy (non-hydrogen) atoms. The van der Waals surface area contributed by atoms with Crippen molar-refractivity contribution in [3.63, 3.8) is 0 Å². The van der Waals surface area contributed by atoms with E-state index in [4.69, 9.17) is 17.4 Å². The number of carbonyl (C=O) groups excluding carboxylic acids is 1. The first-order chi connectivity index (χ1) is 23.8. The molecule has 2 aromatic heterocycles. The van der Waals surface area contributed by atoms with Crippen molar-refractivity contribution in [1.29, 1.82) is 0 Å². The molecule has 0 saturated carbocycles. The van der Waals surface area contributed by atoms with Gasteiger partial charge in [0, 0.05) is 34.8 Å². The maximum absolute atomic E-state index is 13.3. The van der Waals surface area contributed by atoms with Gasteiger partial charge in [0.1, 0.15) is 12.4 Å². The maximum atomic E-state index is 13.3. The second kappa shape index (κ2) is 12.9. The van der Waals surface area contributed by atoms with Gasteiger partial charge in [-0.15, -0.1) is 0 Å². The summed E-state index contributed by atoms with van der Waals surface area (Å²) in [6.07, 6.45) is 5.37. The number of H-pyrrole nitrogens is 2. The highest BCUT2D eigenvalue weighted by Gasteiger charge is 2.37. The average Bonchev–Trinajstić information content (AvgIpc) is 3.92. The minimum atomic E-state index is -0.366. The van der Waals surface area contributed by atoms with E-state index in [1.54, 1.807) is 11.0 Å². The first-order valence-corrected chi connectivity index (χ1v) is 17.5. The van der Waals surface area contributed by atoms with E-state index in [2.05, 4.69) is 63.6 Å². The van der Waals surface area contributed by atoms with Gasteiger partial charge in [-0.2, -0.15) is 12.6 Å². The molecule has 4 aromatic carbocycles. The number of benzene rings is 4. The number of amides is 1. The number of nitrogens with one attached hydrogen (secondary N) is 3. The van der Waals surface area contributed by atoms with Crippen LogP contribution in [0.3, 0.4) is 0 Å². The van der Waals surface area contributed by atoms with Gasteiger partial charge in [0.25, 0.3) is 0 Å². The van der Waals surface area contributed by atoms with Gasteiger partial charge in [-0.1, -0.05) is 60.7 Å². The number of imidazole rings is 1. The molecule has 2 unspecified atom stereocenters. The fourth-order valence-corrected chi connectivity index (χ4v) is 7.76. The van der Waals surface area contributed by atoms with E-state index >= 15 is 0 Å². The molecule has 8 rings (SSSR count). The molecule has 4 heterocycles. The Hall–Kier alpha value is -4.86. The lowest BCUT2D eigenvalue weighted by Crippen LogP contribution is -2.40. The second-order valence-electron chi connectivity index (χ2n) is 13.6. The summed E-state index contributed by atoms with van der Waals surface area (Å²) >= 11 is 4.92. The van der Waals surface area contributed by atoms with Crippen molar-refractivity contribution in [1.82, 2.24) is 25.2 Å². The second-order valence-corrected chi connectivity index (χ2v) is 14.1. The summed E-state index contributed by atoms with van der Waals surface area (Å²) in [5.74, 6) is 0.881. The smallest absolute Gasteiger partial charge is 0.410 e. The molecular weight excluding hydrogens is 631 g/mol. The standard InChI is InChI=1S/C40H39N5O3S/c1-40(16-6-17-42-40)37(49)38-41-23-34(44-38)30-13-12-26-19-27(10-11-28(26)20-30)29-14-15-31-32(21-29)43-33(22-36(31)46)35-9-5-18-45(35)39(47)48-24-25-7-3-2-4-8-25/h2-4,7-8,10-15,19-23,35,37,42,49H,5-6,9,16-18,24H2,1H3,(H,41,44)(H,43,46)/t35?,37?,40-/m0/s1. The van der Waals surface area contributed by atoms with Crippen LogP contribution in [0.25, 0.3) is 44.1 Å². The topological polar surface area (TPSA) is 103 Å². The Balaban J connectivity index is 1.03. The van der Waals surface area contributed by atoms with Crippen molar-refractivity contribution in [2.45, 2.75) is 56.0 Å². The number of rotatable bonds is 7. The van der Waals surface area contributed by atoms with Crippen molar-refractivity contribution < 1.29 is 9.53 Å². The van der Waals surface area contributed by atoms with Gasteiger partial charge in [0.05, 0.1) is 28.7 Å². The molecule has 2 aliphatic heterocycles. The van der Waals surface area contributed by atoms with Crippen LogP contribution in [0.4, 0.5) is 4.79 Å². The van der Waals surface area contributed by atoms with Crippen molar-refractivity contribution in [3.8, 4) is 22.4 Å². The van der Waals surface area contributed by atoms with Crippen LogP contribution >= 0.6 is 12.6 Å². The largest absolute Gasteiger partial charge is 0.445 e. The summed E-state index contributed by atoms with van der Waals surface area (Å²) in [4.78, 5) is 39.8. The SMILES string of the molecule is C[C@@]1(C(S)c2ncc(-c3ccc4cc(-c5ccc6c(=O)cc(C7CCCN7C(=O)OCc7ccccc7)[nH]c6c5)ccc4c3)[nH]2)CCCN1. The number of hydrogen-bond donors (Lipinski definition) is 4. The van der Waals surface area contributed by atoms with Crippen LogP contribution in [0.15, 0.2) is 102 Å². The molecule has 1 amide bonds. The molecule has 3 atom stereocenters. The highest BCUT2D eigenvalue weighted by Crippen LogP contribution is 2.38. The number of thiol groups is 1. The van der Waals surface area contributed by atoms with Gasteiger partial charge < -0.3 is 20.0 Å². The molecule has 0 spiro atoms. The molecule has 9 heteroatoms. The minimum absolute atomic E-state index is 0.0155. The summed E-state index contributed by atoms with van der Waals surface area (Å²) in [5.41, 5.74) is 6.39. The van der Waals surface area contributed by atoms with E-state index in [1.165, 1.54) is 0 Å². The number of nitrogens with zero attached hydrogens (tertiary/aromatic N) is 2. The number of aromatic nitrogens is 3. The van der Waals surface area contributed by atoms with Gasteiger partial charge >= 0.3 is 6.09 Å². The highest BCUT2D eigenvalue weighted by atomic mass is 32.1. The van der Waals surface area contributed by atoms with Crippen LogP contribution in [0.5, 0.6) is 0 Å². The Bertz CT molecular complexity index is 2220. The predicted octanol–water partition coefficient (Wildman–Crippen LogP) is 8.33. The van der Waals surface area contributed by atoms with Gasteiger partial charge in [0.15, 0.2) is 5.43 Å². The van der Waals surface area contributed by atoms with Gasteiger partial charge in [-0.3, -0.25) is 9.69 Å². The van der Waals surface area contributed by atoms with E-state index in [0.29, 0.717) is 11.9 Å². The fraction of sp³-hybridized carbons (Fsp3) is 0.275. The van der Waals surface area contributed by atoms with E-state index in [9.17, 15) is 9.59 Å². The fourth-order valence-electron chi connectivity index (χ4n) is 7.41. The summed E-state index contributed by atoms with van der Waals surface area (Å²) in [7, 11) is 0. The molecule has 0 radical (unpaired) electrons. The van der Waals surface area contributed by atoms with Crippen molar-refractivity contribution in [2.24, 2.45) is 0 Å². The number of carbonyl (C=O) groups is 1. The number of hydrogen-bond acceptors (Lipinski definition) is 6. The quantitative estimate of drug-likeness (QED) is 0.128. The molecule has 2 saturated heterocycles. The lowest BCUT2D eigenvalue weighted by atomic mass is 9.95. The van der Waals surface area contributed by atoms with Crippen LogP contribution < -0.4 is 10.7 Å². The highest BCUT2D eigenvalue weighted by molar-refractivity contribution is 7.80. The summed E-state index contributed by atoms with van der Waals surface area (Å²) in [5, 5.41) is 6.44. The third-order valence-electron chi connectivity index (χ3n) is 10.2. The monoisotopic (exact) mass is 669 g/mol. The third kappa shape index (κ3) is 6.13. The number of likely N-dealkylation sites (tertiary alicyclic amines) is 1. The Labute approximate surface area is 290 Å². The molecule has 0 bridgehead atoms. The van der Waals surface area contributed by atoms with Crippen molar-refractivity contribution >= 4 is 40.4 Å². The van der Waals surface area contributed by atoms with Crippen LogP contribution in [-0.2, 0) is 11.3 Å². The molecule has 6 aromatic rings. The Morgan fingerprint density at radius 3 is 2.51 bits per heavy atom. The zero-order valence-electron chi connectivity index (χ0n) is 27.4. The third-order valence-corrected chi connectivity index (χ3v) is 11.1. The maximum Gasteiger partial charge on any atom is 0.410 e. The number of fused-ring (bicyclic) bond motifs is 2. The summed E-state index contributed by atoms with van der Waals surface area (Å²) < 4.78 is 5.64. The number of aromatic amines is 2. The molecule has 3 N–H and O–H groups in total. The van der Waals surface area contributed by atoms with E-state index in [-0.39, 0.29) is 35.0 Å². The first-order valence-electron chi connectivity index (χ1n) is 17.0. The van der Waals surface area contributed by atoms with Crippen LogP contribution in [0.2, 0.25) is 0 Å². The van der Waals surface area contributed by atoms with Crippen LogP contribution in [0, 0.1) is 0 Å². The van der Waals surface area contributed by atoms with Crippen LogP contribution in [0.1, 0.15) is 61.0 Å². The molecule has 248 valence electrons. The van der Waals surface area contributed by atoms with E-state index in [0.717, 1.165) is 88.0 Å². The predicted molar refractivity (Wildman–Crippen MR) is 198 cm³/mol. The molecular formula is C40H39N5O3S. The lowest BCUT2D eigenvalue weighted by Gasteiger charge is -2.29.